The van der Waals surface area contributed by atoms with Crippen molar-refractivity contribution in [1.29, 1.82) is 0 Å². The molecular weight excluding hydrogens is 197 g/mol. The van der Waals surface area contributed by atoms with Gasteiger partial charge in [-0.15, -0.1) is 0 Å². The van der Waals surface area contributed by atoms with Crippen molar-refractivity contribution in [2.75, 3.05) is 18.5 Å². The van der Waals surface area contributed by atoms with Gasteiger partial charge >= 0.3 is 0 Å². The van der Waals surface area contributed by atoms with Crippen LogP contribution in [0.4, 0.5) is 10.2 Å². The molecule has 0 bridgehead atoms. The van der Waals surface area contributed by atoms with Crippen molar-refractivity contribution in [3.8, 4) is 0 Å². The number of anilines is 1. The molecule has 0 saturated heterocycles. The Bertz CT molecular complexity index is 320. The summed E-state index contributed by atoms with van der Waals surface area (Å²) in [5, 5.41) is 2.89. The first-order valence-electron chi connectivity index (χ1n) is 4.97. The fraction of sp³-hybridized carbons (Fsp3) is 0.600. The van der Waals surface area contributed by atoms with Gasteiger partial charge in [-0.05, 0) is 20.8 Å². The van der Waals surface area contributed by atoms with Gasteiger partial charge in [-0.2, -0.15) is 0 Å². The van der Waals surface area contributed by atoms with E-state index in [0.29, 0.717) is 18.8 Å². The molecule has 0 amide bonds. The number of hydrogen-bond acceptors (Lipinski definition) is 4. The summed E-state index contributed by atoms with van der Waals surface area (Å²) in [5.41, 5.74) is 0.344. The van der Waals surface area contributed by atoms with E-state index in [9.17, 15) is 4.39 Å². The molecule has 84 valence electrons. The summed E-state index contributed by atoms with van der Waals surface area (Å²) in [7, 11) is 0. The van der Waals surface area contributed by atoms with Crippen molar-refractivity contribution < 1.29 is 9.13 Å². The molecule has 0 fully saturated rings. The third kappa shape index (κ3) is 3.43. The highest BCUT2D eigenvalue weighted by atomic mass is 19.1. The zero-order chi connectivity index (χ0) is 11.3. The lowest BCUT2D eigenvalue weighted by molar-refractivity contribution is 0.0854. The van der Waals surface area contributed by atoms with Crippen molar-refractivity contribution in [3.63, 3.8) is 0 Å². The molecule has 0 spiro atoms. The smallest absolute Gasteiger partial charge is 0.186 e. The SMILES string of the molecule is CCOC(C)CNc1ncnc(C)c1F. The minimum absolute atomic E-state index is 0.0321. The molecule has 1 heterocycles. The van der Waals surface area contributed by atoms with Crippen molar-refractivity contribution in [2.45, 2.75) is 26.9 Å². The van der Waals surface area contributed by atoms with Crippen LogP contribution in [0.2, 0.25) is 0 Å². The van der Waals surface area contributed by atoms with Gasteiger partial charge in [0, 0.05) is 13.2 Å². The Labute approximate surface area is 88.9 Å². The monoisotopic (exact) mass is 213 g/mol. The van der Waals surface area contributed by atoms with Crippen molar-refractivity contribution >= 4 is 5.82 Å². The quantitative estimate of drug-likeness (QED) is 0.809. The van der Waals surface area contributed by atoms with E-state index >= 15 is 0 Å². The van der Waals surface area contributed by atoms with Gasteiger partial charge in [0.15, 0.2) is 11.6 Å². The molecule has 0 aromatic carbocycles. The minimum atomic E-state index is -0.402. The van der Waals surface area contributed by atoms with E-state index < -0.39 is 5.82 Å². The van der Waals surface area contributed by atoms with E-state index in [2.05, 4.69) is 15.3 Å². The Balaban J connectivity index is 2.54. The van der Waals surface area contributed by atoms with Crippen LogP contribution in [-0.2, 0) is 4.74 Å². The number of nitrogens with one attached hydrogen (secondary N) is 1. The highest BCUT2D eigenvalue weighted by Crippen LogP contribution is 2.11. The predicted molar refractivity (Wildman–Crippen MR) is 56.3 cm³/mol. The van der Waals surface area contributed by atoms with E-state index in [4.69, 9.17) is 4.74 Å². The van der Waals surface area contributed by atoms with Crippen LogP contribution in [0.15, 0.2) is 6.33 Å². The highest BCUT2D eigenvalue weighted by molar-refractivity contribution is 5.36. The molecule has 1 unspecified atom stereocenters. The van der Waals surface area contributed by atoms with Crippen LogP contribution in [0.1, 0.15) is 19.5 Å². The Morgan fingerprint density at radius 1 is 1.53 bits per heavy atom. The van der Waals surface area contributed by atoms with Crippen LogP contribution >= 0.6 is 0 Å². The average molecular weight is 213 g/mol. The van der Waals surface area contributed by atoms with Crippen LogP contribution in [-0.4, -0.2) is 29.2 Å². The number of ether oxygens (including phenoxy) is 1. The molecule has 1 atom stereocenters. The molecule has 15 heavy (non-hydrogen) atoms. The van der Waals surface area contributed by atoms with Gasteiger partial charge in [-0.1, -0.05) is 0 Å². The third-order valence-electron chi connectivity index (χ3n) is 1.97. The van der Waals surface area contributed by atoms with Gasteiger partial charge in [0.1, 0.15) is 6.33 Å². The molecule has 0 aliphatic carbocycles. The summed E-state index contributed by atoms with van der Waals surface area (Å²) in [6, 6.07) is 0. The maximum atomic E-state index is 13.4. The first-order chi connectivity index (χ1) is 7.15. The summed E-state index contributed by atoms with van der Waals surface area (Å²) in [4.78, 5) is 7.56. The van der Waals surface area contributed by atoms with Crippen LogP contribution in [0.3, 0.4) is 0 Å². The van der Waals surface area contributed by atoms with E-state index in [0.717, 1.165) is 0 Å². The minimum Gasteiger partial charge on any atom is -0.377 e. The Morgan fingerprint density at radius 2 is 2.27 bits per heavy atom. The molecule has 0 aliphatic rings. The third-order valence-corrected chi connectivity index (χ3v) is 1.97. The second-order valence-corrected chi connectivity index (χ2v) is 3.27. The molecule has 0 saturated carbocycles. The highest BCUT2D eigenvalue weighted by Gasteiger charge is 2.08. The Kier molecular flexibility index (Phi) is 4.42. The normalized spacial score (nSPS) is 12.5. The predicted octanol–water partition coefficient (Wildman–Crippen LogP) is 1.76. The fourth-order valence-corrected chi connectivity index (χ4v) is 1.16. The molecule has 1 rings (SSSR count). The number of hydrogen-bond donors (Lipinski definition) is 1. The summed E-state index contributed by atoms with van der Waals surface area (Å²) in [6.45, 7) is 6.62. The Morgan fingerprint density at radius 3 is 2.93 bits per heavy atom. The van der Waals surface area contributed by atoms with Crippen molar-refractivity contribution in [2.24, 2.45) is 0 Å². The van der Waals surface area contributed by atoms with Gasteiger partial charge in [0.2, 0.25) is 0 Å². The van der Waals surface area contributed by atoms with Crippen LogP contribution in [0.5, 0.6) is 0 Å². The van der Waals surface area contributed by atoms with Gasteiger partial charge in [0.05, 0.1) is 11.8 Å². The van der Waals surface area contributed by atoms with Crippen molar-refractivity contribution in [3.05, 3.63) is 17.8 Å². The van der Waals surface area contributed by atoms with Crippen LogP contribution < -0.4 is 5.32 Å². The van der Waals surface area contributed by atoms with Gasteiger partial charge in [0.25, 0.3) is 0 Å². The number of rotatable bonds is 5. The van der Waals surface area contributed by atoms with Gasteiger partial charge in [-0.3, -0.25) is 0 Å². The lowest BCUT2D eigenvalue weighted by Gasteiger charge is -2.13. The molecule has 0 aliphatic heterocycles. The maximum absolute atomic E-state index is 13.4. The van der Waals surface area contributed by atoms with Crippen LogP contribution in [0.25, 0.3) is 0 Å². The average Bonchev–Trinajstić information content (AvgIpc) is 2.21. The second-order valence-electron chi connectivity index (χ2n) is 3.27. The molecule has 4 nitrogen and oxygen atoms in total. The number of aryl methyl sites for hydroxylation is 1. The number of aromatic nitrogens is 2. The first kappa shape index (κ1) is 11.8. The summed E-state index contributed by atoms with van der Waals surface area (Å²) < 4.78 is 18.7. The van der Waals surface area contributed by atoms with E-state index in [1.54, 1.807) is 6.92 Å². The number of halogens is 1. The fourth-order valence-electron chi connectivity index (χ4n) is 1.16. The lowest BCUT2D eigenvalue weighted by Crippen LogP contribution is -2.21. The van der Waals surface area contributed by atoms with Crippen molar-refractivity contribution in [1.82, 2.24) is 9.97 Å². The summed E-state index contributed by atoms with van der Waals surface area (Å²) >= 11 is 0. The molecule has 1 aromatic heterocycles. The standard InChI is InChI=1S/C10H16FN3O/c1-4-15-7(2)5-12-10-9(11)8(3)13-6-14-10/h6-7H,4-5H2,1-3H3,(H,12,13,14). The largest absolute Gasteiger partial charge is 0.377 e. The maximum Gasteiger partial charge on any atom is 0.186 e. The van der Waals surface area contributed by atoms with Crippen LogP contribution in [0, 0.1) is 12.7 Å². The molecule has 0 radical (unpaired) electrons. The van der Waals surface area contributed by atoms with E-state index in [1.807, 2.05) is 13.8 Å². The summed E-state index contributed by atoms with van der Waals surface area (Å²) in [6.07, 6.45) is 1.37. The molecular formula is C10H16FN3O. The first-order valence-corrected chi connectivity index (χ1v) is 4.97. The Hall–Kier alpha value is -1.23. The zero-order valence-electron chi connectivity index (χ0n) is 9.25. The topological polar surface area (TPSA) is 47.0 Å². The zero-order valence-corrected chi connectivity index (χ0v) is 9.25. The lowest BCUT2D eigenvalue weighted by atomic mass is 10.3. The molecule has 1 N–H and O–H groups in total. The van der Waals surface area contributed by atoms with Gasteiger partial charge in [-0.25, -0.2) is 14.4 Å². The molecule has 5 heteroatoms. The molecule has 1 aromatic rings. The summed E-state index contributed by atoms with van der Waals surface area (Å²) in [5.74, 6) is -0.171. The van der Waals surface area contributed by atoms with E-state index in [1.165, 1.54) is 6.33 Å². The number of nitrogens with zero attached hydrogens (tertiary/aromatic N) is 2. The van der Waals surface area contributed by atoms with E-state index in [-0.39, 0.29) is 11.9 Å². The van der Waals surface area contributed by atoms with Gasteiger partial charge < -0.3 is 10.1 Å². The second kappa shape index (κ2) is 5.60.